The average Bonchev–Trinajstić information content (AvgIpc) is 1.77. The van der Waals surface area contributed by atoms with Crippen LogP contribution in [-0.2, 0) is 0 Å². The Kier molecular flexibility index (Phi) is 1.64. The third-order valence-electron chi connectivity index (χ3n) is 1.51. The fourth-order valence-corrected chi connectivity index (χ4v) is 0.903. The van der Waals surface area contributed by atoms with Gasteiger partial charge in [-0.15, -0.1) is 0 Å². The predicted octanol–water partition coefficient (Wildman–Crippen LogP) is 1.71. The number of halogens is 1. The second-order valence-corrected chi connectivity index (χ2v) is 3.17. The molecule has 0 aromatic heterocycles. The quantitative estimate of drug-likeness (QED) is 0.359. The van der Waals surface area contributed by atoms with Crippen LogP contribution in [0.3, 0.4) is 0 Å². The van der Waals surface area contributed by atoms with E-state index in [1.807, 2.05) is 12.2 Å². The second-order valence-electron chi connectivity index (χ2n) is 2.79. The van der Waals surface area contributed by atoms with Gasteiger partial charge >= 0.3 is 0 Å². The third kappa shape index (κ3) is 1.35. The molecule has 9 heavy (non-hydrogen) atoms. The van der Waals surface area contributed by atoms with Crippen LogP contribution in [0, 0.1) is 0 Å². The lowest BCUT2D eigenvalue weighted by Gasteiger charge is -2.28. The van der Waals surface area contributed by atoms with Gasteiger partial charge in [0.1, 0.15) is 6.54 Å². The Labute approximate surface area is 60.8 Å². The smallest absolute Gasteiger partial charge is 0.201 e. The van der Waals surface area contributed by atoms with Crippen LogP contribution >= 0.6 is 11.6 Å². The average molecular weight is 145 g/mol. The Balaban J connectivity index is 2.83. The third-order valence-corrected chi connectivity index (χ3v) is 2.09. The van der Waals surface area contributed by atoms with Crippen LogP contribution in [0.5, 0.6) is 0 Å². The maximum absolute atomic E-state index is 5.89. The van der Waals surface area contributed by atoms with E-state index in [2.05, 4.69) is 20.2 Å². The van der Waals surface area contributed by atoms with Crippen molar-refractivity contribution in [2.45, 2.75) is 0 Å². The highest BCUT2D eigenvalue weighted by Gasteiger charge is 2.19. The van der Waals surface area contributed by atoms with Gasteiger partial charge in [-0.1, -0.05) is 6.08 Å². The molecular weight excluding hydrogens is 134 g/mol. The van der Waals surface area contributed by atoms with E-state index < -0.39 is 0 Å². The SMILES string of the molecule is C[N+]1(C)CC=CC=C1Cl. The summed E-state index contributed by atoms with van der Waals surface area (Å²) in [6, 6.07) is 0. The predicted molar refractivity (Wildman–Crippen MR) is 40.1 cm³/mol. The first-order valence-electron chi connectivity index (χ1n) is 2.99. The fourth-order valence-electron chi connectivity index (χ4n) is 0.761. The maximum Gasteiger partial charge on any atom is 0.201 e. The summed E-state index contributed by atoms with van der Waals surface area (Å²) in [6.07, 6.45) is 6.04. The first-order chi connectivity index (χ1) is 4.13. The Morgan fingerprint density at radius 3 is 2.56 bits per heavy atom. The van der Waals surface area contributed by atoms with Gasteiger partial charge in [-0.3, -0.25) is 4.48 Å². The van der Waals surface area contributed by atoms with Crippen molar-refractivity contribution in [2.24, 2.45) is 0 Å². The van der Waals surface area contributed by atoms with Gasteiger partial charge in [-0.2, -0.15) is 0 Å². The summed E-state index contributed by atoms with van der Waals surface area (Å²) >= 11 is 5.89. The molecule has 0 bridgehead atoms. The zero-order chi connectivity index (χ0) is 6.91. The lowest BCUT2D eigenvalue weighted by Crippen LogP contribution is -2.37. The lowest BCUT2D eigenvalue weighted by atomic mass is 10.3. The molecule has 0 aliphatic carbocycles. The van der Waals surface area contributed by atoms with E-state index in [9.17, 15) is 0 Å². The summed E-state index contributed by atoms with van der Waals surface area (Å²) in [6.45, 7) is 0.995. The molecular formula is C7H11ClN+. The van der Waals surface area contributed by atoms with Crippen LogP contribution in [0.15, 0.2) is 23.4 Å². The highest BCUT2D eigenvalue weighted by Crippen LogP contribution is 2.18. The minimum absolute atomic E-state index is 0.776. The van der Waals surface area contributed by atoms with Gasteiger partial charge in [-0.05, 0) is 17.7 Å². The van der Waals surface area contributed by atoms with Crippen LogP contribution in [0.1, 0.15) is 0 Å². The standard InChI is InChI=1S/C7H11ClN/c1-9(2)6-4-3-5-7(9)8/h3-5H,6H2,1-2H3/q+1. The molecule has 0 aromatic carbocycles. The summed E-state index contributed by atoms with van der Waals surface area (Å²) in [5.41, 5.74) is 0. The topological polar surface area (TPSA) is 0 Å². The Morgan fingerprint density at radius 2 is 2.22 bits per heavy atom. The molecule has 0 saturated carbocycles. The van der Waals surface area contributed by atoms with Gasteiger partial charge in [-0.25, -0.2) is 0 Å². The molecule has 0 unspecified atom stereocenters. The lowest BCUT2D eigenvalue weighted by molar-refractivity contribution is -0.839. The summed E-state index contributed by atoms with van der Waals surface area (Å²) < 4.78 is 0.776. The summed E-state index contributed by atoms with van der Waals surface area (Å²) in [4.78, 5) is 0. The Bertz CT molecular complexity index is 168. The van der Waals surface area contributed by atoms with Crippen molar-refractivity contribution >= 4 is 11.6 Å². The highest BCUT2D eigenvalue weighted by molar-refractivity contribution is 6.28. The van der Waals surface area contributed by atoms with Gasteiger partial charge in [0.15, 0.2) is 0 Å². The van der Waals surface area contributed by atoms with Crippen molar-refractivity contribution in [2.75, 3.05) is 20.6 Å². The fraction of sp³-hybridized carbons (Fsp3) is 0.429. The molecule has 0 fully saturated rings. The first kappa shape index (κ1) is 6.84. The largest absolute Gasteiger partial charge is 0.283 e. The number of likely N-dealkylation sites (N-methyl/N-ethyl adjacent to an activating group) is 1. The maximum atomic E-state index is 5.89. The number of hydrogen-bond acceptors (Lipinski definition) is 0. The van der Waals surface area contributed by atoms with Gasteiger partial charge in [0.2, 0.25) is 5.16 Å². The van der Waals surface area contributed by atoms with Crippen molar-refractivity contribution in [3.05, 3.63) is 23.4 Å². The molecule has 1 rings (SSSR count). The van der Waals surface area contributed by atoms with Gasteiger partial charge < -0.3 is 0 Å². The minimum Gasteiger partial charge on any atom is -0.283 e. The highest BCUT2D eigenvalue weighted by atomic mass is 35.5. The van der Waals surface area contributed by atoms with E-state index in [-0.39, 0.29) is 0 Å². The van der Waals surface area contributed by atoms with E-state index in [1.165, 1.54) is 0 Å². The first-order valence-corrected chi connectivity index (χ1v) is 3.36. The van der Waals surface area contributed by atoms with E-state index in [1.54, 1.807) is 0 Å². The zero-order valence-electron chi connectivity index (χ0n) is 5.76. The van der Waals surface area contributed by atoms with E-state index in [0.717, 1.165) is 16.2 Å². The van der Waals surface area contributed by atoms with Crippen molar-refractivity contribution < 1.29 is 4.48 Å². The van der Waals surface area contributed by atoms with Crippen LogP contribution in [0.4, 0.5) is 0 Å². The van der Waals surface area contributed by atoms with Gasteiger partial charge in [0.05, 0.1) is 14.1 Å². The molecule has 0 amide bonds. The molecule has 0 spiro atoms. The molecule has 0 saturated heterocycles. The molecule has 1 nitrogen and oxygen atoms in total. The van der Waals surface area contributed by atoms with Gasteiger partial charge in [0.25, 0.3) is 0 Å². The summed E-state index contributed by atoms with van der Waals surface area (Å²) in [7, 11) is 4.17. The molecule has 0 atom stereocenters. The monoisotopic (exact) mass is 144 g/mol. The number of hydrogen-bond donors (Lipinski definition) is 0. The van der Waals surface area contributed by atoms with E-state index >= 15 is 0 Å². The number of allylic oxidation sites excluding steroid dienone is 2. The molecule has 1 aliphatic rings. The van der Waals surface area contributed by atoms with Crippen LogP contribution < -0.4 is 0 Å². The van der Waals surface area contributed by atoms with Crippen LogP contribution in [0.2, 0.25) is 0 Å². The van der Waals surface area contributed by atoms with Crippen LogP contribution in [0.25, 0.3) is 0 Å². The molecule has 2 heteroatoms. The van der Waals surface area contributed by atoms with Gasteiger partial charge in [0, 0.05) is 6.08 Å². The van der Waals surface area contributed by atoms with Crippen molar-refractivity contribution in [1.82, 2.24) is 0 Å². The van der Waals surface area contributed by atoms with E-state index in [0.29, 0.717) is 0 Å². The minimum atomic E-state index is 0.776. The Hall–Kier alpha value is -0.270. The summed E-state index contributed by atoms with van der Waals surface area (Å²) in [5, 5.41) is 0.900. The molecule has 1 heterocycles. The number of quaternary nitrogens is 1. The normalized spacial score (nSPS) is 23.7. The summed E-state index contributed by atoms with van der Waals surface area (Å²) in [5.74, 6) is 0. The molecule has 0 aromatic rings. The number of nitrogens with zero attached hydrogens (tertiary/aromatic N) is 1. The molecule has 0 radical (unpaired) electrons. The molecule has 1 aliphatic heterocycles. The second kappa shape index (κ2) is 2.16. The zero-order valence-corrected chi connectivity index (χ0v) is 6.52. The van der Waals surface area contributed by atoms with Crippen molar-refractivity contribution in [3.63, 3.8) is 0 Å². The van der Waals surface area contributed by atoms with Crippen LogP contribution in [-0.4, -0.2) is 25.1 Å². The van der Waals surface area contributed by atoms with Crippen molar-refractivity contribution in [1.29, 1.82) is 0 Å². The molecule has 0 N–H and O–H groups in total. The Morgan fingerprint density at radius 1 is 1.56 bits per heavy atom. The molecule has 50 valence electrons. The van der Waals surface area contributed by atoms with Crippen molar-refractivity contribution in [3.8, 4) is 0 Å². The van der Waals surface area contributed by atoms with E-state index in [4.69, 9.17) is 11.6 Å². The number of rotatable bonds is 0.